The van der Waals surface area contributed by atoms with Crippen molar-refractivity contribution in [3.8, 4) is 0 Å². The lowest BCUT2D eigenvalue weighted by molar-refractivity contribution is -0.384. The Balaban J connectivity index is 2.04. The second-order valence-corrected chi connectivity index (χ2v) is 6.70. The topological polar surface area (TPSA) is 101 Å². The molecule has 0 aliphatic carbocycles. The van der Waals surface area contributed by atoms with Crippen molar-refractivity contribution in [3.05, 3.63) is 67.3 Å². The van der Waals surface area contributed by atoms with E-state index in [1.54, 1.807) is 13.0 Å². The molecule has 8 heteroatoms. The molecule has 0 aliphatic rings. The molecule has 2 aromatic rings. The third kappa shape index (κ3) is 4.99. The molecule has 2 aromatic carbocycles. The van der Waals surface area contributed by atoms with Crippen LogP contribution in [0.1, 0.15) is 22.8 Å². The molecule has 2 N–H and O–H groups in total. The Morgan fingerprint density at radius 2 is 1.92 bits per heavy atom. The maximum Gasteiger partial charge on any atom is 0.270 e. The Morgan fingerprint density at radius 1 is 1.20 bits per heavy atom. The average Bonchev–Trinajstić information content (AvgIpc) is 2.57. The number of carbonyl (C=O) groups is 2. The number of anilines is 1. The molecule has 0 aliphatic heterocycles. The van der Waals surface area contributed by atoms with Crippen LogP contribution in [0.2, 0.25) is 0 Å². The van der Waals surface area contributed by atoms with E-state index in [4.69, 9.17) is 0 Å². The number of amides is 2. The van der Waals surface area contributed by atoms with Gasteiger partial charge in [-0.2, -0.15) is 0 Å². The second-order valence-electron chi connectivity index (χ2n) is 5.45. The molecule has 1 unspecified atom stereocenters. The van der Waals surface area contributed by atoms with E-state index in [-0.39, 0.29) is 17.2 Å². The van der Waals surface area contributed by atoms with E-state index < -0.39 is 16.9 Å². The zero-order valence-corrected chi connectivity index (χ0v) is 15.7. The van der Waals surface area contributed by atoms with Gasteiger partial charge in [0, 0.05) is 27.0 Å². The molecule has 0 bridgehead atoms. The highest BCUT2D eigenvalue weighted by atomic mass is 127. The molecule has 1 atom stereocenters. The van der Waals surface area contributed by atoms with Gasteiger partial charge < -0.3 is 10.6 Å². The SMILES string of the molecule is Cc1cc(I)ccc1NC(=O)C(C)NC(=O)c1cccc([N+](=O)[O-])c1. The van der Waals surface area contributed by atoms with E-state index in [2.05, 4.69) is 33.2 Å². The van der Waals surface area contributed by atoms with E-state index in [0.29, 0.717) is 5.69 Å². The van der Waals surface area contributed by atoms with Gasteiger partial charge in [-0.05, 0) is 66.3 Å². The summed E-state index contributed by atoms with van der Waals surface area (Å²) in [5.74, 6) is -0.922. The van der Waals surface area contributed by atoms with Gasteiger partial charge in [0.05, 0.1) is 4.92 Å². The van der Waals surface area contributed by atoms with Crippen molar-refractivity contribution >= 4 is 45.8 Å². The predicted octanol–water partition coefficient (Wildman–Crippen LogP) is 3.26. The molecule has 0 aromatic heterocycles. The number of aryl methyl sites for hydroxylation is 1. The Kier molecular flexibility index (Phi) is 6.07. The monoisotopic (exact) mass is 453 g/mol. The van der Waals surface area contributed by atoms with E-state index in [0.717, 1.165) is 9.13 Å². The van der Waals surface area contributed by atoms with Crippen molar-refractivity contribution in [1.82, 2.24) is 5.32 Å². The number of carbonyl (C=O) groups excluding carboxylic acids is 2. The first-order valence-corrected chi connectivity index (χ1v) is 8.48. The van der Waals surface area contributed by atoms with Crippen LogP contribution in [0.25, 0.3) is 0 Å². The lowest BCUT2D eigenvalue weighted by Gasteiger charge is -2.15. The summed E-state index contributed by atoms with van der Waals surface area (Å²) in [4.78, 5) is 34.6. The van der Waals surface area contributed by atoms with Crippen molar-refractivity contribution in [2.24, 2.45) is 0 Å². The minimum atomic E-state index is -0.801. The molecule has 130 valence electrons. The van der Waals surface area contributed by atoms with Gasteiger partial charge in [-0.25, -0.2) is 0 Å². The van der Waals surface area contributed by atoms with Crippen molar-refractivity contribution in [1.29, 1.82) is 0 Å². The largest absolute Gasteiger partial charge is 0.341 e. The molecule has 0 radical (unpaired) electrons. The summed E-state index contributed by atoms with van der Waals surface area (Å²) in [6.07, 6.45) is 0. The number of nitrogens with zero attached hydrogens (tertiary/aromatic N) is 1. The van der Waals surface area contributed by atoms with Crippen LogP contribution in [-0.2, 0) is 4.79 Å². The second kappa shape index (κ2) is 8.06. The van der Waals surface area contributed by atoms with Crippen molar-refractivity contribution in [2.75, 3.05) is 5.32 Å². The number of nitro benzene ring substituents is 1. The Bertz CT molecular complexity index is 838. The fourth-order valence-electron chi connectivity index (χ4n) is 2.11. The van der Waals surface area contributed by atoms with Crippen LogP contribution in [-0.4, -0.2) is 22.8 Å². The van der Waals surface area contributed by atoms with Crippen LogP contribution in [0, 0.1) is 20.6 Å². The number of benzene rings is 2. The fraction of sp³-hybridized carbons (Fsp3) is 0.176. The summed E-state index contributed by atoms with van der Waals surface area (Å²) in [6, 6.07) is 10.1. The van der Waals surface area contributed by atoms with Crippen molar-refractivity contribution < 1.29 is 14.5 Å². The van der Waals surface area contributed by atoms with Gasteiger partial charge in [0.2, 0.25) is 5.91 Å². The van der Waals surface area contributed by atoms with Crippen molar-refractivity contribution in [3.63, 3.8) is 0 Å². The molecule has 0 heterocycles. The summed E-state index contributed by atoms with van der Waals surface area (Å²) in [5.41, 5.74) is 1.53. The Hall–Kier alpha value is -2.49. The van der Waals surface area contributed by atoms with Gasteiger partial charge in [-0.1, -0.05) is 6.07 Å². The lowest BCUT2D eigenvalue weighted by Crippen LogP contribution is -2.41. The highest BCUT2D eigenvalue weighted by Crippen LogP contribution is 2.18. The molecule has 2 amide bonds. The smallest absolute Gasteiger partial charge is 0.270 e. The van der Waals surface area contributed by atoms with Crippen LogP contribution in [0.4, 0.5) is 11.4 Å². The van der Waals surface area contributed by atoms with E-state index >= 15 is 0 Å². The number of halogens is 1. The number of hydrogen-bond acceptors (Lipinski definition) is 4. The Morgan fingerprint density at radius 3 is 2.56 bits per heavy atom. The maximum absolute atomic E-state index is 12.3. The summed E-state index contributed by atoms with van der Waals surface area (Å²) >= 11 is 2.18. The first-order valence-electron chi connectivity index (χ1n) is 7.40. The van der Waals surface area contributed by atoms with Gasteiger partial charge in [0.15, 0.2) is 0 Å². The fourth-order valence-corrected chi connectivity index (χ4v) is 2.76. The normalized spacial score (nSPS) is 11.5. The molecule has 0 fully saturated rings. The molecule has 0 saturated carbocycles. The number of non-ortho nitro benzene ring substituents is 1. The van der Waals surface area contributed by atoms with Crippen LogP contribution >= 0.6 is 22.6 Å². The van der Waals surface area contributed by atoms with Gasteiger partial charge >= 0.3 is 0 Å². The number of hydrogen-bond donors (Lipinski definition) is 2. The quantitative estimate of drug-likeness (QED) is 0.412. The highest BCUT2D eigenvalue weighted by Gasteiger charge is 2.18. The molecule has 0 spiro atoms. The van der Waals surface area contributed by atoms with Gasteiger partial charge in [0.1, 0.15) is 6.04 Å². The summed E-state index contributed by atoms with van der Waals surface area (Å²) in [7, 11) is 0. The maximum atomic E-state index is 12.3. The molecule has 7 nitrogen and oxygen atoms in total. The minimum Gasteiger partial charge on any atom is -0.341 e. The van der Waals surface area contributed by atoms with Crippen LogP contribution in [0.3, 0.4) is 0 Å². The lowest BCUT2D eigenvalue weighted by atomic mass is 10.1. The Labute approximate surface area is 158 Å². The van der Waals surface area contributed by atoms with Gasteiger partial charge in [0.25, 0.3) is 11.6 Å². The third-order valence-electron chi connectivity index (χ3n) is 3.51. The van der Waals surface area contributed by atoms with Gasteiger partial charge in [-0.15, -0.1) is 0 Å². The van der Waals surface area contributed by atoms with E-state index in [1.165, 1.54) is 24.3 Å². The molecular weight excluding hydrogens is 437 g/mol. The third-order valence-corrected chi connectivity index (χ3v) is 4.18. The number of nitro groups is 1. The zero-order chi connectivity index (χ0) is 18.6. The van der Waals surface area contributed by atoms with Crippen molar-refractivity contribution in [2.45, 2.75) is 19.9 Å². The number of rotatable bonds is 5. The first kappa shape index (κ1) is 18.8. The summed E-state index contributed by atoms with van der Waals surface area (Å²) in [5, 5.41) is 16.1. The van der Waals surface area contributed by atoms with Gasteiger partial charge in [-0.3, -0.25) is 19.7 Å². The first-order chi connectivity index (χ1) is 11.8. The van der Waals surface area contributed by atoms with Crippen LogP contribution in [0.5, 0.6) is 0 Å². The van der Waals surface area contributed by atoms with Crippen LogP contribution in [0.15, 0.2) is 42.5 Å². The standard InChI is InChI=1S/C17H16IN3O4/c1-10-8-13(18)6-7-15(10)20-16(22)11(2)19-17(23)12-4-3-5-14(9-12)21(24)25/h3-9,11H,1-2H3,(H,19,23)(H,20,22). The molecule has 2 rings (SSSR count). The minimum absolute atomic E-state index is 0.124. The van der Waals surface area contributed by atoms with Crippen LogP contribution < -0.4 is 10.6 Å². The highest BCUT2D eigenvalue weighted by molar-refractivity contribution is 14.1. The average molecular weight is 453 g/mol. The predicted molar refractivity (Wildman–Crippen MR) is 103 cm³/mol. The van der Waals surface area contributed by atoms with E-state index in [1.807, 2.05) is 19.1 Å². The molecule has 0 saturated heterocycles. The summed E-state index contributed by atoms with van der Waals surface area (Å²) < 4.78 is 1.06. The molecule has 25 heavy (non-hydrogen) atoms. The van der Waals surface area contributed by atoms with E-state index in [9.17, 15) is 19.7 Å². The molecular formula is C17H16IN3O4. The summed E-state index contributed by atoms with van der Waals surface area (Å²) in [6.45, 7) is 3.43. The zero-order valence-electron chi connectivity index (χ0n) is 13.6. The number of nitrogens with one attached hydrogen (secondary N) is 2.